The minimum Gasteiger partial charge on any atom is -0.465 e. The Morgan fingerprint density at radius 2 is 1.89 bits per heavy atom. The Morgan fingerprint density at radius 3 is 2.47 bits per heavy atom. The summed E-state index contributed by atoms with van der Waals surface area (Å²) in [6.07, 6.45) is 0. The molecule has 0 unspecified atom stereocenters. The van der Waals surface area contributed by atoms with E-state index in [4.69, 9.17) is 4.74 Å². The summed E-state index contributed by atoms with van der Waals surface area (Å²) in [5.41, 5.74) is -1.23. The number of methoxy groups -OCH3 is 1. The van der Waals surface area contributed by atoms with Crippen LogP contribution in [-0.2, 0) is 9.47 Å². The Kier molecular flexibility index (Phi) is 3.94. The molecule has 7 heteroatoms. The average Bonchev–Trinajstić information content (AvgIpc) is 2.43. The van der Waals surface area contributed by atoms with Crippen LogP contribution in [0.2, 0.25) is 0 Å². The number of esters is 1. The van der Waals surface area contributed by atoms with Crippen molar-refractivity contribution in [3.05, 3.63) is 29.1 Å². The molecule has 1 aromatic rings. The van der Waals surface area contributed by atoms with E-state index < -0.39 is 34.7 Å². The van der Waals surface area contributed by atoms with Crippen molar-refractivity contribution in [3.8, 4) is 0 Å². The summed E-state index contributed by atoms with van der Waals surface area (Å²) in [5.74, 6) is -4.91. The maximum atomic E-state index is 13.9. The number of rotatable bonds is 2. The molecule has 0 spiro atoms. The Bertz CT molecular complexity index is 501. The van der Waals surface area contributed by atoms with Crippen molar-refractivity contribution in [2.24, 2.45) is 0 Å². The molecule has 1 aliphatic heterocycles. The highest BCUT2D eigenvalue weighted by Crippen LogP contribution is 2.29. The summed E-state index contributed by atoms with van der Waals surface area (Å²) >= 11 is 0. The third-order valence-corrected chi connectivity index (χ3v) is 2.87. The largest absolute Gasteiger partial charge is 0.465 e. The predicted molar refractivity (Wildman–Crippen MR) is 60.7 cm³/mol. The first kappa shape index (κ1) is 13.7. The molecule has 0 saturated carbocycles. The second kappa shape index (κ2) is 5.48. The lowest BCUT2D eigenvalue weighted by Gasteiger charge is -2.29. The highest BCUT2D eigenvalue weighted by Gasteiger charge is 2.27. The Morgan fingerprint density at radius 1 is 1.26 bits per heavy atom. The first-order valence-corrected chi connectivity index (χ1v) is 5.64. The number of halogens is 3. The minimum atomic E-state index is -1.41. The van der Waals surface area contributed by atoms with E-state index in [-0.39, 0.29) is 13.1 Å². The molecule has 4 nitrogen and oxygen atoms in total. The van der Waals surface area contributed by atoms with Crippen LogP contribution in [0.1, 0.15) is 10.4 Å². The van der Waals surface area contributed by atoms with Crippen LogP contribution in [0.3, 0.4) is 0 Å². The molecule has 1 aliphatic rings. The molecular formula is C12H12F3NO3. The lowest BCUT2D eigenvalue weighted by atomic mass is 10.1. The van der Waals surface area contributed by atoms with Gasteiger partial charge in [0.1, 0.15) is 11.3 Å². The predicted octanol–water partition coefficient (Wildman–Crippen LogP) is 1.73. The third kappa shape index (κ3) is 2.51. The van der Waals surface area contributed by atoms with Crippen molar-refractivity contribution in [2.45, 2.75) is 0 Å². The second-order valence-electron chi connectivity index (χ2n) is 3.97. The van der Waals surface area contributed by atoms with Crippen molar-refractivity contribution >= 4 is 11.7 Å². The summed E-state index contributed by atoms with van der Waals surface area (Å²) < 4.78 is 50.8. The summed E-state index contributed by atoms with van der Waals surface area (Å²) in [7, 11) is 1.01. The highest BCUT2D eigenvalue weighted by atomic mass is 19.2. The van der Waals surface area contributed by atoms with Crippen LogP contribution in [0, 0.1) is 17.5 Å². The molecule has 0 amide bonds. The molecule has 0 aliphatic carbocycles. The van der Waals surface area contributed by atoms with Crippen molar-refractivity contribution in [2.75, 3.05) is 38.3 Å². The van der Waals surface area contributed by atoms with Gasteiger partial charge in [-0.1, -0.05) is 0 Å². The fourth-order valence-corrected chi connectivity index (χ4v) is 1.92. The number of nitrogens with zero attached hydrogens (tertiary/aromatic N) is 1. The average molecular weight is 275 g/mol. The smallest absolute Gasteiger partial charge is 0.341 e. The van der Waals surface area contributed by atoms with Crippen molar-refractivity contribution in [3.63, 3.8) is 0 Å². The van der Waals surface area contributed by atoms with Gasteiger partial charge < -0.3 is 14.4 Å². The molecule has 19 heavy (non-hydrogen) atoms. The van der Waals surface area contributed by atoms with Crippen LogP contribution in [0.5, 0.6) is 0 Å². The molecule has 0 N–H and O–H groups in total. The van der Waals surface area contributed by atoms with Gasteiger partial charge in [-0.25, -0.2) is 18.0 Å². The van der Waals surface area contributed by atoms with Crippen molar-refractivity contribution < 1.29 is 27.4 Å². The zero-order valence-corrected chi connectivity index (χ0v) is 10.2. The molecule has 1 heterocycles. The van der Waals surface area contributed by atoms with Crippen LogP contribution in [0.4, 0.5) is 18.9 Å². The van der Waals surface area contributed by atoms with Gasteiger partial charge in [0.2, 0.25) is 0 Å². The van der Waals surface area contributed by atoms with E-state index in [9.17, 15) is 18.0 Å². The fraction of sp³-hybridized carbons (Fsp3) is 0.417. The molecule has 1 aromatic carbocycles. The van der Waals surface area contributed by atoms with E-state index >= 15 is 0 Å². The summed E-state index contributed by atoms with van der Waals surface area (Å²) in [6.45, 7) is 1.12. The van der Waals surface area contributed by atoms with Crippen LogP contribution < -0.4 is 4.90 Å². The molecule has 1 fully saturated rings. The normalized spacial score (nSPS) is 15.5. The summed E-state index contributed by atoms with van der Waals surface area (Å²) in [4.78, 5) is 12.5. The van der Waals surface area contributed by atoms with E-state index in [0.29, 0.717) is 19.3 Å². The number of anilines is 1. The molecule has 0 aromatic heterocycles. The number of carbonyl (C=O) groups is 1. The molecule has 104 valence electrons. The lowest BCUT2D eigenvalue weighted by molar-refractivity contribution is 0.0593. The van der Waals surface area contributed by atoms with E-state index in [1.165, 1.54) is 4.90 Å². The van der Waals surface area contributed by atoms with Gasteiger partial charge in [-0.15, -0.1) is 0 Å². The first-order chi connectivity index (χ1) is 9.06. The quantitative estimate of drug-likeness (QED) is 0.608. The summed E-state index contributed by atoms with van der Waals surface area (Å²) in [6, 6.07) is 0.648. The zero-order chi connectivity index (χ0) is 14.0. The topological polar surface area (TPSA) is 38.8 Å². The molecular weight excluding hydrogens is 263 g/mol. The van der Waals surface area contributed by atoms with Crippen LogP contribution in [0.25, 0.3) is 0 Å². The monoisotopic (exact) mass is 275 g/mol. The van der Waals surface area contributed by atoms with Gasteiger partial charge in [-0.2, -0.15) is 0 Å². The number of hydrogen-bond acceptors (Lipinski definition) is 4. The number of morpholine rings is 1. The molecule has 0 atom stereocenters. The van der Waals surface area contributed by atoms with Crippen molar-refractivity contribution in [1.29, 1.82) is 0 Å². The zero-order valence-electron chi connectivity index (χ0n) is 10.2. The minimum absolute atomic E-state index is 0.255. The standard InChI is InChI=1S/C12H12F3NO3/c1-18-12(17)7-6-8(13)11(10(15)9(7)14)16-2-4-19-5-3-16/h6H,2-5H2,1H3. The molecule has 0 radical (unpaired) electrons. The van der Waals surface area contributed by atoms with Gasteiger partial charge in [0.25, 0.3) is 0 Å². The van der Waals surface area contributed by atoms with E-state index in [0.717, 1.165) is 7.11 Å². The van der Waals surface area contributed by atoms with Crippen LogP contribution >= 0.6 is 0 Å². The Hall–Kier alpha value is -1.76. The molecule has 2 rings (SSSR count). The number of hydrogen-bond donors (Lipinski definition) is 0. The number of ether oxygens (including phenoxy) is 2. The first-order valence-electron chi connectivity index (χ1n) is 5.64. The van der Waals surface area contributed by atoms with Gasteiger partial charge in [-0.3, -0.25) is 0 Å². The SMILES string of the molecule is COC(=O)c1cc(F)c(N2CCOCC2)c(F)c1F. The lowest BCUT2D eigenvalue weighted by Crippen LogP contribution is -2.37. The van der Waals surface area contributed by atoms with Gasteiger partial charge in [0.15, 0.2) is 17.5 Å². The fourth-order valence-electron chi connectivity index (χ4n) is 1.92. The van der Waals surface area contributed by atoms with E-state index in [1.807, 2.05) is 0 Å². The highest BCUT2D eigenvalue weighted by molar-refractivity contribution is 5.90. The van der Waals surface area contributed by atoms with E-state index in [2.05, 4.69) is 4.74 Å². The van der Waals surface area contributed by atoms with Gasteiger partial charge in [0, 0.05) is 13.1 Å². The second-order valence-corrected chi connectivity index (χ2v) is 3.97. The van der Waals surface area contributed by atoms with E-state index in [1.54, 1.807) is 0 Å². The van der Waals surface area contributed by atoms with Gasteiger partial charge in [-0.05, 0) is 6.07 Å². The maximum absolute atomic E-state index is 13.9. The van der Waals surface area contributed by atoms with Gasteiger partial charge >= 0.3 is 5.97 Å². The maximum Gasteiger partial charge on any atom is 0.341 e. The van der Waals surface area contributed by atoms with Crippen LogP contribution in [-0.4, -0.2) is 39.4 Å². The van der Waals surface area contributed by atoms with Gasteiger partial charge in [0.05, 0.1) is 20.3 Å². The molecule has 1 saturated heterocycles. The number of carbonyl (C=O) groups excluding carboxylic acids is 1. The van der Waals surface area contributed by atoms with Crippen molar-refractivity contribution in [1.82, 2.24) is 0 Å². The molecule has 0 bridgehead atoms. The Balaban J connectivity index is 2.45. The Labute approximate surface area is 107 Å². The number of benzene rings is 1. The summed E-state index contributed by atoms with van der Waals surface area (Å²) in [5, 5.41) is 0. The third-order valence-electron chi connectivity index (χ3n) is 2.87. The van der Waals surface area contributed by atoms with Crippen LogP contribution in [0.15, 0.2) is 6.07 Å².